The molecule has 0 saturated carbocycles. The molecule has 1 amide bonds. The molecule has 2 bridgehead atoms. The summed E-state index contributed by atoms with van der Waals surface area (Å²) in [6, 6.07) is 6.96. The Morgan fingerprint density at radius 3 is 2.23 bits per heavy atom. The van der Waals surface area contributed by atoms with E-state index in [1.54, 1.807) is 29.2 Å². The minimum absolute atomic E-state index is 0.0251. The van der Waals surface area contributed by atoms with Gasteiger partial charge in [-0.2, -0.15) is 0 Å². The number of hydrogen-bond donors (Lipinski definition) is 1. The van der Waals surface area contributed by atoms with E-state index in [2.05, 4.69) is 4.74 Å². The van der Waals surface area contributed by atoms with Crippen molar-refractivity contribution in [2.75, 3.05) is 7.11 Å². The Labute approximate surface area is 128 Å². The molecule has 118 valence electrons. The molecular weight excluding hydrogens is 286 g/mol. The molecule has 2 aliphatic heterocycles. The molecule has 0 aromatic heterocycles. The predicted octanol–water partition coefficient (Wildman–Crippen LogP) is 2.53. The van der Waals surface area contributed by atoms with Gasteiger partial charge in [-0.25, -0.2) is 9.59 Å². The zero-order valence-corrected chi connectivity index (χ0v) is 12.4. The number of amides is 1. The highest BCUT2D eigenvalue weighted by atomic mass is 16.5. The van der Waals surface area contributed by atoms with Crippen LogP contribution in [0.3, 0.4) is 0 Å². The van der Waals surface area contributed by atoms with Gasteiger partial charge in [0.05, 0.1) is 12.7 Å². The zero-order valence-electron chi connectivity index (χ0n) is 12.4. The van der Waals surface area contributed by atoms with Crippen molar-refractivity contribution in [3.63, 3.8) is 0 Å². The van der Waals surface area contributed by atoms with Gasteiger partial charge in [-0.3, -0.25) is 0 Å². The fraction of sp³-hybridized carbons (Fsp3) is 0.500. The molecular formula is C16H19NO5. The van der Waals surface area contributed by atoms with Crippen molar-refractivity contribution in [1.82, 2.24) is 4.90 Å². The lowest BCUT2D eigenvalue weighted by Gasteiger charge is -2.37. The maximum absolute atomic E-state index is 11.4. The minimum atomic E-state index is -0.826. The number of carbonyl (C=O) groups excluding carboxylic acids is 1. The Morgan fingerprint density at radius 2 is 1.73 bits per heavy atom. The van der Waals surface area contributed by atoms with Crippen LogP contribution in [-0.4, -0.2) is 47.4 Å². The van der Waals surface area contributed by atoms with Gasteiger partial charge >= 0.3 is 12.1 Å². The SMILES string of the molecule is COC(=O)c1ccc(O[C@H]2C[C@H]3CC[C@@H](C2)N3C(=O)O)cc1. The van der Waals surface area contributed by atoms with Gasteiger partial charge < -0.3 is 19.5 Å². The van der Waals surface area contributed by atoms with E-state index in [1.807, 2.05) is 0 Å². The van der Waals surface area contributed by atoms with Crippen LogP contribution in [0.5, 0.6) is 5.75 Å². The van der Waals surface area contributed by atoms with Gasteiger partial charge in [0.15, 0.2) is 0 Å². The van der Waals surface area contributed by atoms with Crippen molar-refractivity contribution in [1.29, 1.82) is 0 Å². The molecule has 1 aromatic carbocycles. The summed E-state index contributed by atoms with van der Waals surface area (Å²) in [5.41, 5.74) is 0.482. The number of rotatable bonds is 3. The highest BCUT2D eigenvalue weighted by molar-refractivity contribution is 5.89. The number of methoxy groups -OCH3 is 1. The van der Waals surface area contributed by atoms with Crippen LogP contribution >= 0.6 is 0 Å². The van der Waals surface area contributed by atoms with Gasteiger partial charge in [0, 0.05) is 24.9 Å². The van der Waals surface area contributed by atoms with Gasteiger partial charge in [0.2, 0.25) is 0 Å². The molecule has 1 aromatic rings. The quantitative estimate of drug-likeness (QED) is 0.868. The molecule has 6 heteroatoms. The predicted molar refractivity (Wildman–Crippen MR) is 78.1 cm³/mol. The van der Waals surface area contributed by atoms with Crippen LogP contribution in [0, 0.1) is 0 Å². The molecule has 1 N–H and O–H groups in total. The van der Waals surface area contributed by atoms with Crippen molar-refractivity contribution in [2.24, 2.45) is 0 Å². The Kier molecular flexibility index (Phi) is 3.92. The molecule has 2 fully saturated rings. The number of esters is 1. The average molecular weight is 305 g/mol. The van der Waals surface area contributed by atoms with Crippen LogP contribution in [0.2, 0.25) is 0 Å². The first-order chi connectivity index (χ1) is 10.6. The molecule has 0 unspecified atom stereocenters. The van der Waals surface area contributed by atoms with Crippen molar-refractivity contribution in [2.45, 2.75) is 43.9 Å². The summed E-state index contributed by atoms with van der Waals surface area (Å²) in [6.45, 7) is 0. The molecule has 3 rings (SSSR count). The number of carboxylic acid groups (broad SMARTS) is 1. The van der Waals surface area contributed by atoms with Gasteiger partial charge in [-0.05, 0) is 37.1 Å². The lowest BCUT2D eigenvalue weighted by Crippen LogP contribution is -2.48. The van der Waals surface area contributed by atoms with E-state index in [0.717, 1.165) is 25.7 Å². The lowest BCUT2D eigenvalue weighted by atomic mass is 10.00. The van der Waals surface area contributed by atoms with Gasteiger partial charge in [0.25, 0.3) is 0 Å². The second-order valence-electron chi connectivity index (χ2n) is 5.80. The second-order valence-corrected chi connectivity index (χ2v) is 5.80. The Hall–Kier alpha value is -2.24. The van der Waals surface area contributed by atoms with E-state index in [4.69, 9.17) is 4.74 Å². The summed E-state index contributed by atoms with van der Waals surface area (Å²) in [7, 11) is 1.35. The summed E-state index contributed by atoms with van der Waals surface area (Å²) in [5.74, 6) is 0.320. The van der Waals surface area contributed by atoms with Gasteiger partial charge in [0.1, 0.15) is 11.9 Å². The fourth-order valence-corrected chi connectivity index (χ4v) is 3.52. The van der Waals surface area contributed by atoms with Crippen LogP contribution in [0.15, 0.2) is 24.3 Å². The van der Waals surface area contributed by atoms with Crippen LogP contribution in [0.1, 0.15) is 36.0 Å². The van der Waals surface area contributed by atoms with E-state index in [0.29, 0.717) is 11.3 Å². The highest BCUT2D eigenvalue weighted by Gasteiger charge is 2.44. The van der Waals surface area contributed by atoms with Gasteiger partial charge in [-0.1, -0.05) is 0 Å². The Balaban J connectivity index is 1.63. The number of piperidine rings is 1. The number of hydrogen-bond acceptors (Lipinski definition) is 4. The molecule has 0 spiro atoms. The van der Waals surface area contributed by atoms with E-state index in [1.165, 1.54) is 7.11 Å². The lowest BCUT2D eigenvalue weighted by molar-refractivity contribution is 0.0496. The summed E-state index contributed by atoms with van der Waals surface area (Å²) in [5, 5.41) is 9.24. The Bertz CT molecular complexity index is 556. The number of benzene rings is 1. The molecule has 3 atom stereocenters. The molecule has 6 nitrogen and oxygen atoms in total. The molecule has 2 aliphatic rings. The maximum atomic E-state index is 11.4. The minimum Gasteiger partial charge on any atom is -0.490 e. The third-order valence-electron chi connectivity index (χ3n) is 4.49. The smallest absolute Gasteiger partial charge is 0.407 e. The van der Waals surface area contributed by atoms with Crippen LogP contribution in [0.25, 0.3) is 0 Å². The first-order valence-electron chi connectivity index (χ1n) is 7.44. The molecule has 0 aliphatic carbocycles. The number of carbonyl (C=O) groups is 2. The number of ether oxygens (including phenoxy) is 2. The maximum Gasteiger partial charge on any atom is 0.407 e. The van der Waals surface area contributed by atoms with Crippen molar-refractivity contribution in [3.8, 4) is 5.75 Å². The molecule has 2 heterocycles. The van der Waals surface area contributed by atoms with Gasteiger partial charge in [-0.15, -0.1) is 0 Å². The van der Waals surface area contributed by atoms with E-state index < -0.39 is 6.09 Å². The number of fused-ring (bicyclic) bond motifs is 2. The summed E-state index contributed by atoms with van der Waals surface area (Å²) >= 11 is 0. The first kappa shape index (κ1) is 14.7. The monoisotopic (exact) mass is 305 g/mol. The largest absolute Gasteiger partial charge is 0.490 e. The van der Waals surface area contributed by atoms with E-state index in [9.17, 15) is 14.7 Å². The molecule has 2 saturated heterocycles. The van der Waals surface area contributed by atoms with E-state index >= 15 is 0 Å². The third-order valence-corrected chi connectivity index (χ3v) is 4.49. The summed E-state index contributed by atoms with van der Waals surface area (Å²) in [6.07, 6.45) is 2.48. The zero-order chi connectivity index (χ0) is 15.7. The molecule has 0 radical (unpaired) electrons. The normalized spacial score (nSPS) is 26.6. The average Bonchev–Trinajstić information content (AvgIpc) is 2.79. The van der Waals surface area contributed by atoms with Crippen LogP contribution < -0.4 is 4.74 Å². The fourth-order valence-electron chi connectivity index (χ4n) is 3.52. The number of nitrogens with zero attached hydrogens (tertiary/aromatic N) is 1. The van der Waals surface area contributed by atoms with E-state index in [-0.39, 0.29) is 24.2 Å². The van der Waals surface area contributed by atoms with Crippen molar-refractivity contribution < 1.29 is 24.2 Å². The highest BCUT2D eigenvalue weighted by Crippen LogP contribution is 2.37. The second kappa shape index (κ2) is 5.87. The van der Waals surface area contributed by atoms with Crippen molar-refractivity contribution in [3.05, 3.63) is 29.8 Å². The summed E-state index contributed by atoms with van der Waals surface area (Å²) < 4.78 is 10.6. The summed E-state index contributed by atoms with van der Waals surface area (Å²) in [4.78, 5) is 24.2. The van der Waals surface area contributed by atoms with Crippen molar-refractivity contribution >= 4 is 12.1 Å². The van der Waals surface area contributed by atoms with Crippen LogP contribution in [-0.2, 0) is 4.74 Å². The topological polar surface area (TPSA) is 76.1 Å². The first-order valence-corrected chi connectivity index (χ1v) is 7.44. The standard InChI is InChI=1S/C16H19NO5/c1-21-15(18)10-2-6-13(7-3-10)22-14-8-11-4-5-12(9-14)17(11)16(19)20/h2-3,6-7,11-12,14H,4-5,8-9H2,1H3,(H,19,20)/t11-,12+,14+. The third kappa shape index (κ3) is 2.73. The van der Waals surface area contributed by atoms with Crippen LogP contribution in [0.4, 0.5) is 4.79 Å². The Morgan fingerprint density at radius 1 is 1.14 bits per heavy atom. The molecule has 22 heavy (non-hydrogen) atoms.